The lowest BCUT2D eigenvalue weighted by Crippen LogP contribution is -2.13. The molecule has 1 amide bonds. The van der Waals surface area contributed by atoms with Gasteiger partial charge in [0.25, 0.3) is 5.91 Å². The number of nitrogens with one attached hydrogen (secondary N) is 2. The van der Waals surface area contributed by atoms with E-state index in [0.29, 0.717) is 11.8 Å². The zero-order chi connectivity index (χ0) is 12.4. The van der Waals surface area contributed by atoms with Crippen molar-refractivity contribution >= 4 is 17.3 Å². The topological polar surface area (TPSA) is 70.9 Å². The number of carbonyl (C=O) groups excluding carboxylic acids is 1. The number of aromatic amines is 1. The predicted molar refractivity (Wildman–Crippen MR) is 59.5 cm³/mol. The monoisotopic (exact) mass is 237 g/mol. The van der Waals surface area contributed by atoms with Gasteiger partial charge < -0.3 is 16.0 Å². The molecule has 0 aliphatic carbocycles. The molecule has 0 saturated heterocycles. The number of aromatic nitrogens is 1. The Bertz CT molecular complexity index is 566. The van der Waals surface area contributed by atoms with Gasteiger partial charge >= 0.3 is 0 Å². The molecule has 0 bridgehead atoms. The fraction of sp³-hybridized carbons (Fsp3) is 0. The standard InChI is InChI=1S/C11H9F2N3O/c12-6-1-2-9(8(13)3-6)16-11(17)10-4-7(14)5-15-10/h1-5,15H,14H2,(H,16,17). The summed E-state index contributed by atoms with van der Waals surface area (Å²) in [4.78, 5) is 14.2. The quantitative estimate of drug-likeness (QED) is 0.748. The van der Waals surface area contributed by atoms with E-state index >= 15 is 0 Å². The summed E-state index contributed by atoms with van der Waals surface area (Å²) in [6, 6.07) is 4.31. The van der Waals surface area contributed by atoms with Crippen molar-refractivity contribution in [3.63, 3.8) is 0 Å². The molecule has 4 nitrogen and oxygen atoms in total. The molecule has 2 rings (SSSR count). The number of halogens is 2. The van der Waals surface area contributed by atoms with E-state index in [-0.39, 0.29) is 11.4 Å². The Hall–Kier alpha value is -2.37. The summed E-state index contributed by atoms with van der Waals surface area (Å²) in [7, 11) is 0. The van der Waals surface area contributed by atoms with Crippen LogP contribution in [0.3, 0.4) is 0 Å². The Kier molecular flexibility index (Phi) is 2.78. The molecule has 0 saturated carbocycles. The van der Waals surface area contributed by atoms with Gasteiger partial charge in [-0.25, -0.2) is 8.78 Å². The van der Waals surface area contributed by atoms with Crippen LogP contribution in [0.15, 0.2) is 30.5 Å². The number of hydrogen-bond donors (Lipinski definition) is 3. The van der Waals surface area contributed by atoms with Gasteiger partial charge in [0.15, 0.2) is 0 Å². The van der Waals surface area contributed by atoms with Crippen molar-refractivity contribution < 1.29 is 13.6 Å². The van der Waals surface area contributed by atoms with E-state index in [1.165, 1.54) is 12.3 Å². The molecule has 0 atom stereocenters. The minimum Gasteiger partial charge on any atom is -0.397 e. The van der Waals surface area contributed by atoms with E-state index in [2.05, 4.69) is 10.3 Å². The fourth-order valence-corrected chi connectivity index (χ4v) is 1.32. The van der Waals surface area contributed by atoms with Gasteiger partial charge in [-0.3, -0.25) is 4.79 Å². The number of nitrogen functional groups attached to an aromatic ring is 1. The normalized spacial score (nSPS) is 10.2. The number of H-pyrrole nitrogens is 1. The van der Waals surface area contributed by atoms with E-state index in [4.69, 9.17) is 5.73 Å². The lowest BCUT2D eigenvalue weighted by Gasteiger charge is -2.04. The molecule has 1 heterocycles. The average Bonchev–Trinajstić information content (AvgIpc) is 2.69. The van der Waals surface area contributed by atoms with Crippen LogP contribution in [-0.4, -0.2) is 10.9 Å². The van der Waals surface area contributed by atoms with Crippen LogP contribution in [0.4, 0.5) is 20.2 Å². The molecular weight excluding hydrogens is 228 g/mol. The van der Waals surface area contributed by atoms with Gasteiger partial charge in [0, 0.05) is 18.0 Å². The third-order valence-electron chi connectivity index (χ3n) is 2.13. The van der Waals surface area contributed by atoms with Crippen LogP contribution in [0, 0.1) is 11.6 Å². The highest BCUT2D eigenvalue weighted by Crippen LogP contribution is 2.16. The van der Waals surface area contributed by atoms with E-state index in [1.54, 1.807) is 0 Å². The number of amides is 1. The molecule has 88 valence electrons. The molecule has 0 spiro atoms. The molecule has 6 heteroatoms. The van der Waals surface area contributed by atoms with Crippen molar-refractivity contribution in [2.45, 2.75) is 0 Å². The first kappa shape index (κ1) is 11.1. The van der Waals surface area contributed by atoms with Crippen LogP contribution in [0.5, 0.6) is 0 Å². The van der Waals surface area contributed by atoms with Gasteiger partial charge in [0.1, 0.15) is 17.3 Å². The maximum atomic E-state index is 13.2. The third kappa shape index (κ3) is 2.41. The molecular formula is C11H9F2N3O. The highest BCUT2D eigenvalue weighted by molar-refractivity contribution is 6.03. The van der Waals surface area contributed by atoms with Crippen LogP contribution in [0.25, 0.3) is 0 Å². The second-order valence-corrected chi connectivity index (χ2v) is 3.42. The maximum absolute atomic E-state index is 13.2. The molecule has 0 radical (unpaired) electrons. The van der Waals surface area contributed by atoms with E-state index in [1.807, 2.05) is 0 Å². The number of hydrogen-bond acceptors (Lipinski definition) is 2. The highest BCUT2D eigenvalue weighted by Gasteiger charge is 2.11. The highest BCUT2D eigenvalue weighted by atomic mass is 19.1. The first-order valence-corrected chi connectivity index (χ1v) is 4.76. The second-order valence-electron chi connectivity index (χ2n) is 3.42. The Morgan fingerprint density at radius 1 is 1.29 bits per heavy atom. The fourth-order valence-electron chi connectivity index (χ4n) is 1.32. The molecule has 0 aliphatic heterocycles. The van der Waals surface area contributed by atoms with Gasteiger partial charge in [0.05, 0.1) is 5.69 Å². The maximum Gasteiger partial charge on any atom is 0.272 e. The first-order valence-electron chi connectivity index (χ1n) is 4.76. The van der Waals surface area contributed by atoms with Gasteiger partial charge in [-0.1, -0.05) is 0 Å². The largest absolute Gasteiger partial charge is 0.397 e. The summed E-state index contributed by atoms with van der Waals surface area (Å²) in [6.45, 7) is 0. The van der Waals surface area contributed by atoms with Crippen LogP contribution < -0.4 is 11.1 Å². The summed E-state index contributed by atoms with van der Waals surface area (Å²) in [5.41, 5.74) is 5.93. The lowest BCUT2D eigenvalue weighted by atomic mass is 10.3. The van der Waals surface area contributed by atoms with Crippen molar-refractivity contribution in [2.75, 3.05) is 11.1 Å². The molecule has 17 heavy (non-hydrogen) atoms. The van der Waals surface area contributed by atoms with Crippen molar-refractivity contribution in [3.8, 4) is 0 Å². The SMILES string of the molecule is Nc1c[nH]c(C(=O)Nc2ccc(F)cc2F)c1. The lowest BCUT2D eigenvalue weighted by molar-refractivity contribution is 0.102. The van der Waals surface area contributed by atoms with E-state index in [0.717, 1.165) is 12.1 Å². The van der Waals surface area contributed by atoms with Gasteiger partial charge in [-0.15, -0.1) is 0 Å². The summed E-state index contributed by atoms with van der Waals surface area (Å²) in [5.74, 6) is -2.09. The summed E-state index contributed by atoms with van der Waals surface area (Å²) < 4.78 is 25.9. The van der Waals surface area contributed by atoms with Crippen LogP contribution in [0.1, 0.15) is 10.5 Å². The van der Waals surface area contributed by atoms with E-state index in [9.17, 15) is 13.6 Å². The Labute approximate surface area is 95.4 Å². The Balaban J connectivity index is 2.18. The summed E-state index contributed by atoms with van der Waals surface area (Å²) in [6.07, 6.45) is 1.44. The minimum absolute atomic E-state index is 0.0930. The van der Waals surface area contributed by atoms with Crippen LogP contribution >= 0.6 is 0 Å². The van der Waals surface area contributed by atoms with Crippen molar-refractivity contribution in [2.24, 2.45) is 0 Å². The van der Waals surface area contributed by atoms with Crippen molar-refractivity contribution in [1.29, 1.82) is 0 Å². The Morgan fingerprint density at radius 2 is 2.06 bits per heavy atom. The number of nitrogens with two attached hydrogens (primary N) is 1. The number of carbonyl (C=O) groups is 1. The molecule has 1 aromatic heterocycles. The Morgan fingerprint density at radius 3 is 2.65 bits per heavy atom. The van der Waals surface area contributed by atoms with Gasteiger partial charge in [0.2, 0.25) is 0 Å². The minimum atomic E-state index is -0.835. The molecule has 0 aliphatic rings. The van der Waals surface area contributed by atoms with Gasteiger partial charge in [-0.05, 0) is 18.2 Å². The third-order valence-corrected chi connectivity index (χ3v) is 2.13. The summed E-state index contributed by atoms with van der Waals surface area (Å²) >= 11 is 0. The smallest absolute Gasteiger partial charge is 0.272 e. The van der Waals surface area contributed by atoms with Gasteiger partial charge in [-0.2, -0.15) is 0 Å². The predicted octanol–water partition coefficient (Wildman–Crippen LogP) is 2.13. The molecule has 0 fully saturated rings. The molecule has 1 aromatic carbocycles. The van der Waals surface area contributed by atoms with Crippen molar-refractivity contribution in [3.05, 3.63) is 47.8 Å². The molecule has 0 unspecified atom stereocenters. The number of rotatable bonds is 2. The first-order chi connectivity index (χ1) is 8.06. The zero-order valence-corrected chi connectivity index (χ0v) is 8.63. The van der Waals surface area contributed by atoms with Crippen molar-refractivity contribution in [1.82, 2.24) is 4.98 Å². The molecule has 4 N–H and O–H groups in total. The van der Waals surface area contributed by atoms with Crippen LogP contribution in [0.2, 0.25) is 0 Å². The van der Waals surface area contributed by atoms with Crippen LogP contribution in [-0.2, 0) is 0 Å². The zero-order valence-electron chi connectivity index (χ0n) is 8.63. The molecule has 2 aromatic rings. The number of benzene rings is 1. The second kappa shape index (κ2) is 4.25. The average molecular weight is 237 g/mol. The number of anilines is 2. The summed E-state index contributed by atoms with van der Waals surface area (Å²) in [5, 5.41) is 2.30. The van der Waals surface area contributed by atoms with E-state index < -0.39 is 17.5 Å².